The molecule has 0 radical (unpaired) electrons. The molecule has 0 saturated heterocycles. The fraction of sp³-hybridized carbons (Fsp3) is 0.333. The molecule has 3 rings (SSSR count). The maximum absolute atomic E-state index is 12.8. The van der Waals surface area contributed by atoms with Crippen LogP contribution in [0.4, 0.5) is 0 Å². The molecule has 1 aromatic carbocycles. The van der Waals surface area contributed by atoms with Gasteiger partial charge in [-0.2, -0.15) is 0 Å². The van der Waals surface area contributed by atoms with E-state index < -0.39 is 5.54 Å². The average Bonchev–Trinajstić information content (AvgIpc) is 2.95. The molecule has 0 atom stereocenters. The number of fused-ring (bicyclic) bond motifs is 1. The molecule has 4 heteroatoms. The van der Waals surface area contributed by atoms with Crippen molar-refractivity contribution in [2.24, 2.45) is 7.05 Å². The van der Waals surface area contributed by atoms with E-state index in [0.717, 1.165) is 11.0 Å². The van der Waals surface area contributed by atoms with E-state index in [1.54, 1.807) is 6.20 Å². The number of nitrogens with zero attached hydrogens (tertiary/aromatic N) is 2. The van der Waals surface area contributed by atoms with Crippen molar-refractivity contribution < 1.29 is 4.79 Å². The molecule has 0 aliphatic carbocycles. The zero-order chi connectivity index (χ0) is 18.2. The Morgan fingerprint density at radius 1 is 1.08 bits per heavy atom. The molecular formula is C21H25N3O. The summed E-state index contributed by atoms with van der Waals surface area (Å²) in [6.45, 7) is 8.43. The zero-order valence-corrected chi connectivity index (χ0v) is 15.5. The second-order valence-corrected chi connectivity index (χ2v) is 7.63. The first-order valence-corrected chi connectivity index (χ1v) is 8.51. The van der Waals surface area contributed by atoms with Gasteiger partial charge in [0.05, 0.1) is 5.56 Å². The van der Waals surface area contributed by atoms with E-state index in [1.165, 1.54) is 5.56 Å². The van der Waals surface area contributed by atoms with E-state index in [1.807, 2.05) is 48.1 Å². The van der Waals surface area contributed by atoms with Crippen LogP contribution >= 0.6 is 0 Å². The zero-order valence-electron chi connectivity index (χ0n) is 15.5. The number of hydrogen-bond donors (Lipinski definition) is 1. The molecule has 2 heterocycles. The first kappa shape index (κ1) is 17.2. The van der Waals surface area contributed by atoms with Crippen LogP contribution in [-0.4, -0.2) is 21.0 Å². The summed E-state index contributed by atoms with van der Waals surface area (Å²) in [5, 5.41) is 4.16. The van der Waals surface area contributed by atoms with E-state index in [4.69, 9.17) is 0 Å². The number of rotatable bonds is 4. The van der Waals surface area contributed by atoms with Gasteiger partial charge in [-0.15, -0.1) is 0 Å². The van der Waals surface area contributed by atoms with Gasteiger partial charge in [-0.05, 0) is 31.5 Å². The second-order valence-electron chi connectivity index (χ2n) is 7.63. The standard InChI is InChI=1S/C21H25N3O/c1-20(2,17-9-7-6-8-10-17)21(3,4)23-19(25)16-13-15-11-12-24(5)18(15)22-14-16/h6-14H,1-5H3,(H,23,25). The number of pyridine rings is 1. The third-order valence-corrected chi connectivity index (χ3v) is 5.45. The molecular weight excluding hydrogens is 310 g/mol. The Hall–Kier alpha value is -2.62. The van der Waals surface area contributed by atoms with Crippen molar-refractivity contribution in [1.29, 1.82) is 0 Å². The molecule has 0 fully saturated rings. The summed E-state index contributed by atoms with van der Waals surface area (Å²) in [4.78, 5) is 17.2. The van der Waals surface area contributed by atoms with Crippen LogP contribution in [0.1, 0.15) is 43.6 Å². The van der Waals surface area contributed by atoms with Gasteiger partial charge in [0.25, 0.3) is 5.91 Å². The molecule has 0 saturated carbocycles. The third-order valence-electron chi connectivity index (χ3n) is 5.45. The number of carbonyl (C=O) groups excluding carboxylic acids is 1. The van der Waals surface area contributed by atoms with Gasteiger partial charge in [-0.3, -0.25) is 4.79 Å². The van der Waals surface area contributed by atoms with Crippen molar-refractivity contribution in [3.8, 4) is 0 Å². The Morgan fingerprint density at radius 2 is 1.76 bits per heavy atom. The highest BCUT2D eigenvalue weighted by atomic mass is 16.1. The average molecular weight is 335 g/mol. The highest BCUT2D eigenvalue weighted by Gasteiger charge is 2.39. The smallest absolute Gasteiger partial charge is 0.253 e. The molecule has 1 N–H and O–H groups in total. The van der Waals surface area contributed by atoms with Crippen molar-refractivity contribution in [2.45, 2.75) is 38.6 Å². The number of nitrogens with one attached hydrogen (secondary N) is 1. The van der Waals surface area contributed by atoms with Crippen LogP contribution < -0.4 is 5.32 Å². The Balaban J connectivity index is 1.87. The van der Waals surface area contributed by atoms with Crippen molar-refractivity contribution in [3.05, 3.63) is 66.0 Å². The van der Waals surface area contributed by atoms with Crippen LogP contribution in [0.5, 0.6) is 0 Å². The van der Waals surface area contributed by atoms with E-state index in [-0.39, 0.29) is 11.3 Å². The SMILES string of the molecule is Cn1ccc2cc(C(=O)NC(C)(C)C(C)(C)c3ccccc3)cnc21. The van der Waals surface area contributed by atoms with Crippen molar-refractivity contribution in [2.75, 3.05) is 0 Å². The van der Waals surface area contributed by atoms with Crippen molar-refractivity contribution in [3.63, 3.8) is 0 Å². The first-order valence-electron chi connectivity index (χ1n) is 8.51. The fourth-order valence-electron chi connectivity index (χ4n) is 3.01. The summed E-state index contributed by atoms with van der Waals surface area (Å²) in [5.41, 5.74) is 1.98. The Kier molecular flexibility index (Phi) is 4.15. The fourth-order valence-corrected chi connectivity index (χ4v) is 3.01. The summed E-state index contributed by atoms with van der Waals surface area (Å²) in [6, 6.07) is 14.1. The number of aryl methyl sites for hydroxylation is 1. The molecule has 0 aliphatic rings. The minimum atomic E-state index is -0.433. The van der Waals surface area contributed by atoms with E-state index in [0.29, 0.717) is 5.56 Å². The van der Waals surface area contributed by atoms with Gasteiger partial charge in [0, 0.05) is 35.8 Å². The van der Waals surface area contributed by atoms with Gasteiger partial charge >= 0.3 is 0 Å². The minimum Gasteiger partial charge on any atom is -0.346 e. The first-order chi connectivity index (χ1) is 11.7. The lowest BCUT2D eigenvalue weighted by Gasteiger charge is -2.42. The molecule has 25 heavy (non-hydrogen) atoms. The topological polar surface area (TPSA) is 46.9 Å². The molecule has 0 unspecified atom stereocenters. The maximum Gasteiger partial charge on any atom is 0.253 e. The molecule has 1 amide bonds. The van der Waals surface area contributed by atoms with Crippen LogP contribution in [-0.2, 0) is 12.5 Å². The van der Waals surface area contributed by atoms with Gasteiger partial charge in [-0.1, -0.05) is 44.2 Å². The Labute approximate surface area is 148 Å². The maximum atomic E-state index is 12.8. The van der Waals surface area contributed by atoms with Gasteiger partial charge in [0.1, 0.15) is 5.65 Å². The van der Waals surface area contributed by atoms with Gasteiger partial charge in [-0.25, -0.2) is 4.98 Å². The number of hydrogen-bond acceptors (Lipinski definition) is 2. The summed E-state index contributed by atoms with van der Waals surface area (Å²) in [5.74, 6) is -0.104. The van der Waals surface area contributed by atoms with Crippen LogP contribution in [0.15, 0.2) is 54.9 Å². The van der Waals surface area contributed by atoms with Crippen molar-refractivity contribution >= 4 is 16.9 Å². The number of aromatic nitrogens is 2. The van der Waals surface area contributed by atoms with Crippen LogP contribution in [0.25, 0.3) is 11.0 Å². The van der Waals surface area contributed by atoms with Crippen LogP contribution in [0.2, 0.25) is 0 Å². The van der Waals surface area contributed by atoms with E-state index >= 15 is 0 Å². The second kappa shape index (κ2) is 6.03. The number of benzene rings is 1. The number of carbonyl (C=O) groups is 1. The molecule has 3 aromatic rings. The normalized spacial score (nSPS) is 12.4. The lowest BCUT2D eigenvalue weighted by atomic mass is 9.69. The van der Waals surface area contributed by atoms with Crippen molar-refractivity contribution in [1.82, 2.24) is 14.9 Å². The highest BCUT2D eigenvalue weighted by molar-refractivity contribution is 5.97. The summed E-state index contributed by atoms with van der Waals surface area (Å²) < 4.78 is 1.94. The lowest BCUT2D eigenvalue weighted by Crippen LogP contribution is -2.56. The largest absolute Gasteiger partial charge is 0.346 e. The molecule has 0 aliphatic heterocycles. The summed E-state index contributed by atoms with van der Waals surface area (Å²) in [7, 11) is 1.95. The van der Waals surface area contributed by atoms with Crippen LogP contribution in [0, 0.1) is 0 Å². The molecule has 4 nitrogen and oxygen atoms in total. The van der Waals surface area contributed by atoms with Crippen LogP contribution in [0.3, 0.4) is 0 Å². The molecule has 2 aromatic heterocycles. The Bertz CT molecular complexity index is 907. The third kappa shape index (κ3) is 3.04. The molecule has 0 bridgehead atoms. The summed E-state index contributed by atoms with van der Waals surface area (Å²) >= 11 is 0. The highest BCUT2D eigenvalue weighted by Crippen LogP contribution is 2.34. The van der Waals surface area contributed by atoms with Gasteiger partial charge < -0.3 is 9.88 Å². The monoisotopic (exact) mass is 335 g/mol. The quantitative estimate of drug-likeness (QED) is 0.781. The Morgan fingerprint density at radius 3 is 2.44 bits per heavy atom. The van der Waals surface area contributed by atoms with Gasteiger partial charge in [0.15, 0.2) is 0 Å². The summed E-state index contributed by atoms with van der Waals surface area (Å²) in [6.07, 6.45) is 3.59. The predicted molar refractivity (Wildman–Crippen MR) is 102 cm³/mol. The molecule has 0 spiro atoms. The predicted octanol–water partition coefficient (Wildman–Crippen LogP) is 4.06. The van der Waals surface area contributed by atoms with Gasteiger partial charge in [0.2, 0.25) is 0 Å². The van der Waals surface area contributed by atoms with E-state index in [2.05, 4.69) is 50.1 Å². The lowest BCUT2D eigenvalue weighted by molar-refractivity contribution is 0.0872. The number of amides is 1. The van der Waals surface area contributed by atoms with E-state index in [9.17, 15) is 4.79 Å². The minimum absolute atomic E-state index is 0.104. The molecule has 130 valence electrons.